The Labute approximate surface area is 206 Å². The average molecular weight is 472 g/mol. The fourth-order valence-electron chi connectivity index (χ4n) is 6.41. The number of nitrogens with zero attached hydrogens (tertiary/aromatic N) is 3. The van der Waals surface area contributed by atoms with E-state index in [9.17, 15) is 9.90 Å². The topological polar surface area (TPSA) is 79.5 Å². The Balaban J connectivity index is 1.01. The van der Waals surface area contributed by atoms with Gasteiger partial charge in [-0.15, -0.1) is 10.2 Å². The van der Waals surface area contributed by atoms with Crippen molar-refractivity contribution in [1.29, 1.82) is 0 Å². The van der Waals surface area contributed by atoms with Crippen LogP contribution in [0.4, 0.5) is 0 Å². The number of carbonyl (C=O) groups excluding carboxylic acids is 1. The van der Waals surface area contributed by atoms with Gasteiger partial charge in [0.2, 0.25) is 11.8 Å². The number of aromatic nitrogens is 2. The number of aryl methyl sites for hydroxylation is 1. The van der Waals surface area contributed by atoms with E-state index < -0.39 is 0 Å². The second-order valence-electron chi connectivity index (χ2n) is 10.6. The molecule has 182 valence electrons. The van der Waals surface area contributed by atoms with Crippen molar-refractivity contribution in [2.75, 3.05) is 13.1 Å². The number of piperidine rings is 1. The van der Waals surface area contributed by atoms with Crippen LogP contribution in [0.25, 0.3) is 0 Å². The van der Waals surface area contributed by atoms with Gasteiger partial charge in [-0.2, -0.15) is 0 Å². The van der Waals surface area contributed by atoms with Gasteiger partial charge in [0.1, 0.15) is 0 Å². The van der Waals surface area contributed by atoms with Gasteiger partial charge in [0, 0.05) is 31.0 Å². The molecule has 6 rings (SSSR count). The standard InChI is InChI=1S/C29H33N3O3/c1-2-25-30-31-28(35-25)26-23-16-32(17-24(23)26)29(34)21-11-8-18(9-12-21)14-19-10-13-22(15-19)27(33)20-6-4-3-5-7-20/h3-9,11-12,19,22-24,26-27,33H,2,10,13-17H2,1H3/t19-,22-,23-,24+,26?,27+/m0/s1. The van der Waals surface area contributed by atoms with Gasteiger partial charge in [-0.3, -0.25) is 4.79 Å². The van der Waals surface area contributed by atoms with Crippen molar-refractivity contribution in [3.8, 4) is 0 Å². The van der Waals surface area contributed by atoms with Crippen molar-refractivity contribution in [2.45, 2.75) is 51.0 Å². The highest BCUT2D eigenvalue weighted by molar-refractivity contribution is 5.94. The van der Waals surface area contributed by atoms with E-state index in [0.29, 0.717) is 35.5 Å². The summed E-state index contributed by atoms with van der Waals surface area (Å²) in [6, 6.07) is 18.2. The summed E-state index contributed by atoms with van der Waals surface area (Å²) in [7, 11) is 0. The van der Waals surface area contributed by atoms with Gasteiger partial charge in [-0.25, -0.2) is 0 Å². The summed E-state index contributed by atoms with van der Waals surface area (Å²) >= 11 is 0. The molecule has 2 heterocycles. The average Bonchev–Trinajstić information content (AvgIpc) is 3.37. The molecule has 1 aliphatic heterocycles. The molecule has 3 fully saturated rings. The molecule has 35 heavy (non-hydrogen) atoms. The molecule has 2 aliphatic carbocycles. The zero-order chi connectivity index (χ0) is 23.9. The zero-order valence-electron chi connectivity index (χ0n) is 20.2. The Morgan fingerprint density at radius 1 is 1.06 bits per heavy atom. The highest BCUT2D eigenvalue weighted by Crippen LogP contribution is 2.57. The largest absolute Gasteiger partial charge is 0.425 e. The van der Waals surface area contributed by atoms with Crippen molar-refractivity contribution in [1.82, 2.24) is 15.1 Å². The number of likely N-dealkylation sites (tertiary alicyclic amines) is 1. The molecule has 1 N–H and O–H groups in total. The van der Waals surface area contributed by atoms with Gasteiger partial charge >= 0.3 is 0 Å². The van der Waals surface area contributed by atoms with Gasteiger partial charge in [-0.05, 0) is 72.6 Å². The Kier molecular flexibility index (Phi) is 5.93. The zero-order valence-corrected chi connectivity index (χ0v) is 20.2. The second kappa shape index (κ2) is 9.23. The number of hydrogen-bond acceptors (Lipinski definition) is 5. The molecule has 3 aliphatic rings. The maximum Gasteiger partial charge on any atom is 0.253 e. The molecule has 1 aromatic heterocycles. The maximum atomic E-state index is 13.1. The highest BCUT2D eigenvalue weighted by atomic mass is 16.4. The minimum atomic E-state index is -0.374. The second-order valence-corrected chi connectivity index (χ2v) is 10.6. The molecule has 6 atom stereocenters. The molecule has 6 nitrogen and oxygen atoms in total. The van der Waals surface area contributed by atoms with Gasteiger partial charge in [0.25, 0.3) is 5.91 Å². The third-order valence-electron chi connectivity index (χ3n) is 8.45. The van der Waals surface area contributed by atoms with Crippen molar-refractivity contribution < 1.29 is 14.3 Å². The van der Waals surface area contributed by atoms with Crippen LogP contribution < -0.4 is 0 Å². The van der Waals surface area contributed by atoms with Crippen molar-refractivity contribution in [2.24, 2.45) is 23.7 Å². The molecule has 3 aromatic rings. The smallest absolute Gasteiger partial charge is 0.253 e. The molecule has 1 saturated heterocycles. The molecular formula is C29H33N3O3. The van der Waals surface area contributed by atoms with E-state index in [1.165, 1.54) is 5.56 Å². The first kappa shape index (κ1) is 22.5. The van der Waals surface area contributed by atoms with Crippen LogP contribution in [0.3, 0.4) is 0 Å². The minimum Gasteiger partial charge on any atom is -0.425 e. The van der Waals surface area contributed by atoms with Crippen LogP contribution in [0.2, 0.25) is 0 Å². The summed E-state index contributed by atoms with van der Waals surface area (Å²) in [5.74, 6) is 3.70. The predicted molar refractivity (Wildman–Crippen MR) is 132 cm³/mol. The van der Waals surface area contributed by atoms with E-state index in [1.54, 1.807) is 0 Å². The van der Waals surface area contributed by atoms with Gasteiger partial charge in [-0.1, -0.05) is 49.4 Å². The fourth-order valence-corrected chi connectivity index (χ4v) is 6.41. The molecule has 1 amide bonds. The van der Waals surface area contributed by atoms with Gasteiger partial charge in [0.15, 0.2) is 0 Å². The lowest BCUT2D eigenvalue weighted by Gasteiger charge is -2.20. The first-order valence-corrected chi connectivity index (χ1v) is 13.0. The Hall–Kier alpha value is -2.99. The summed E-state index contributed by atoms with van der Waals surface area (Å²) < 4.78 is 5.74. The number of rotatable bonds is 7. The lowest BCUT2D eigenvalue weighted by molar-refractivity contribution is 0.0771. The Morgan fingerprint density at radius 2 is 1.80 bits per heavy atom. The predicted octanol–water partition coefficient (Wildman–Crippen LogP) is 4.81. The molecule has 0 radical (unpaired) electrons. The monoisotopic (exact) mass is 471 g/mol. The van der Waals surface area contributed by atoms with E-state index >= 15 is 0 Å². The summed E-state index contributed by atoms with van der Waals surface area (Å²) in [4.78, 5) is 15.0. The summed E-state index contributed by atoms with van der Waals surface area (Å²) in [6.07, 6.45) is 4.65. The maximum absolute atomic E-state index is 13.1. The van der Waals surface area contributed by atoms with E-state index in [4.69, 9.17) is 4.42 Å². The third kappa shape index (κ3) is 4.40. The van der Waals surface area contributed by atoms with Gasteiger partial charge < -0.3 is 14.4 Å². The molecule has 1 unspecified atom stereocenters. The fraction of sp³-hybridized carbons (Fsp3) is 0.483. The summed E-state index contributed by atoms with van der Waals surface area (Å²) in [5, 5.41) is 19.1. The van der Waals surface area contributed by atoms with E-state index in [2.05, 4.69) is 22.3 Å². The number of fused-ring (bicyclic) bond motifs is 1. The van der Waals surface area contributed by atoms with Crippen molar-refractivity contribution in [3.63, 3.8) is 0 Å². The molecule has 0 spiro atoms. The lowest BCUT2D eigenvalue weighted by atomic mass is 9.91. The van der Waals surface area contributed by atoms with Crippen molar-refractivity contribution >= 4 is 5.91 Å². The van der Waals surface area contributed by atoms with Crippen LogP contribution in [-0.4, -0.2) is 39.2 Å². The van der Waals surface area contributed by atoms with Crippen LogP contribution in [0, 0.1) is 23.7 Å². The summed E-state index contributed by atoms with van der Waals surface area (Å²) in [6.45, 7) is 3.55. The third-order valence-corrected chi connectivity index (χ3v) is 8.45. The van der Waals surface area contributed by atoms with E-state index in [-0.39, 0.29) is 12.0 Å². The normalized spacial score (nSPS) is 28.2. The van der Waals surface area contributed by atoms with Crippen LogP contribution in [0.5, 0.6) is 0 Å². The van der Waals surface area contributed by atoms with E-state index in [0.717, 1.165) is 62.2 Å². The minimum absolute atomic E-state index is 0.120. The molecule has 2 saturated carbocycles. The molecule has 2 aromatic carbocycles. The van der Waals surface area contributed by atoms with Crippen LogP contribution in [0.1, 0.15) is 71.5 Å². The van der Waals surface area contributed by atoms with Gasteiger partial charge in [0.05, 0.1) is 6.10 Å². The summed E-state index contributed by atoms with van der Waals surface area (Å²) in [5.41, 5.74) is 3.06. The number of aliphatic hydroxyl groups is 1. The SMILES string of the molecule is CCc1nnc(C2[C@H]3CN(C(=O)c4ccc(C[C@@H]5CC[C@H]([C@H](O)c6ccccc6)C5)cc4)C[C@@H]23)o1. The number of hydrogen-bond donors (Lipinski definition) is 1. The molecule has 0 bridgehead atoms. The number of amides is 1. The van der Waals surface area contributed by atoms with Crippen LogP contribution in [0.15, 0.2) is 59.0 Å². The van der Waals surface area contributed by atoms with Crippen LogP contribution in [-0.2, 0) is 12.8 Å². The van der Waals surface area contributed by atoms with Crippen LogP contribution >= 0.6 is 0 Å². The highest BCUT2D eigenvalue weighted by Gasteiger charge is 2.59. The number of aliphatic hydroxyl groups excluding tert-OH is 1. The molecular weight excluding hydrogens is 438 g/mol. The number of carbonyl (C=O) groups is 1. The Morgan fingerprint density at radius 3 is 2.49 bits per heavy atom. The Bertz CT molecular complexity index is 1160. The first-order chi connectivity index (χ1) is 17.1. The van der Waals surface area contributed by atoms with E-state index in [1.807, 2.05) is 54.3 Å². The van der Waals surface area contributed by atoms with Crippen molar-refractivity contribution in [3.05, 3.63) is 83.1 Å². The molecule has 6 heteroatoms. The number of benzene rings is 2. The lowest BCUT2D eigenvalue weighted by Crippen LogP contribution is -2.31. The quantitative estimate of drug-likeness (QED) is 0.535. The first-order valence-electron chi connectivity index (χ1n) is 13.0.